The van der Waals surface area contributed by atoms with E-state index in [1.807, 2.05) is 48.5 Å². The fourth-order valence-corrected chi connectivity index (χ4v) is 3.59. The predicted molar refractivity (Wildman–Crippen MR) is 123 cm³/mol. The van der Waals surface area contributed by atoms with Crippen molar-refractivity contribution in [1.82, 2.24) is 30.8 Å². The summed E-state index contributed by atoms with van der Waals surface area (Å²) in [6.07, 6.45) is 0.388. The van der Waals surface area contributed by atoms with E-state index in [9.17, 15) is 4.79 Å². The van der Waals surface area contributed by atoms with Crippen LogP contribution in [-0.4, -0.2) is 58.2 Å². The molecule has 11 heteroatoms. The van der Waals surface area contributed by atoms with Crippen molar-refractivity contribution in [3.8, 4) is 11.5 Å². The van der Waals surface area contributed by atoms with E-state index >= 15 is 0 Å². The standard InChI is InChI=1S/C23H25N7O4/c1-32-17-10-8-15(9-11-17)12-18-20(26-28-24-18)14-30(23(31)34-3)22-19(25-29-27-22)13-16-6-4-5-7-21(16)33-2/h4-11H,12-14H2,1-3H3,(H,24,26,28)(H,25,27,29). The maximum absolute atomic E-state index is 12.7. The summed E-state index contributed by atoms with van der Waals surface area (Å²) >= 11 is 0. The zero-order chi connectivity index (χ0) is 23.9. The lowest BCUT2D eigenvalue weighted by Gasteiger charge is -2.19. The van der Waals surface area contributed by atoms with Gasteiger partial charge in [-0.3, -0.25) is 15.1 Å². The summed E-state index contributed by atoms with van der Waals surface area (Å²) in [7, 11) is 4.55. The number of aromatic amines is 2. The summed E-state index contributed by atoms with van der Waals surface area (Å²) < 4.78 is 15.7. The van der Waals surface area contributed by atoms with Gasteiger partial charge in [0.1, 0.15) is 17.2 Å². The number of benzene rings is 2. The third kappa shape index (κ3) is 4.98. The molecule has 34 heavy (non-hydrogen) atoms. The van der Waals surface area contributed by atoms with Crippen LogP contribution in [-0.2, 0) is 24.1 Å². The Hall–Kier alpha value is -4.41. The maximum Gasteiger partial charge on any atom is 0.415 e. The molecule has 0 saturated carbocycles. The molecule has 0 atom stereocenters. The molecule has 0 unspecified atom stereocenters. The van der Waals surface area contributed by atoms with Crippen LogP contribution in [0.5, 0.6) is 11.5 Å². The zero-order valence-electron chi connectivity index (χ0n) is 19.1. The number of carbonyl (C=O) groups excluding carboxylic acids is 1. The molecule has 0 aliphatic heterocycles. The lowest BCUT2D eigenvalue weighted by atomic mass is 10.1. The third-order valence-corrected chi connectivity index (χ3v) is 5.36. The number of methoxy groups -OCH3 is 3. The molecule has 0 fully saturated rings. The average molecular weight is 463 g/mol. The van der Waals surface area contributed by atoms with Gasteiger partial charge in [-0.15, -0.1) is 10.2 Å². The van der Waals surface area contributed by atoms with Crippen molar-refractivity contribution >= 4 is 11.9 Å². The zero-order valence-corrected chi connectivity index (χ0v) is 19.1. The minimum Gasteiger partial charge on any atom is -0.497 e. The first kappa shape index (κ1) is 22.8. The molecule has 176 valence electrons. The van der Waals surface area contributed by atoms with Crippen molar-refractivity contribution in [2.24, 2.45) is 0 Å². The van der Waals surface area contributed by atoms with Crippen LogP contribution in [0.4, 0.5) is 10.6 Å². The summed E-state index contributed by atoms with van der Waals surface area (Å²) in [4.78, 5) is 14.1. The van der Waals surface area contributed by atoms with Gasteiger partial charge in [-0.25, -0.2) is 4.79 Å². The number of para-hydroxylation sites is 1. The number of carbonyl (C=O) groups is 1. The molecule has 0 radical (unpaired) electrons. The number of anilines is 1. The molecule has 0 saturated heterocycles. The Balaban J connectivity index is 1.59. The highest BCUT2D eigenvalue weighted by atomic mass is 16.5. The van der Waals surface area contributed by atoms with Crippen LogP contribution < -0.4 is 14.4 Å². The molecule has 2 aromatic carbocycles. The number of ether oxygens (including phenoxy) is 3. The molecule has 2 N–H and O–H groups in total. The molecule has 2 heterocycles. The quantitative estimate of drug-likeness (QED) is 0.387. The van der Waals surface area contributed by atoms with E-state index in [1.54, 1.807) is 14.2 Å². The van der Waals surface area contributed by atoms with Crippen LogP contribution in [0, 0.1) is 0 Å². The van der Waals surface area contributed by atoms with Gasteiger partial charge in [-0.2, -0.15) is 0 Å². The van der Waals surface area contributed by atoms with Gasteiger partial charge in [0.25, 0.3) is 0 Å². The Morgan fingerprint density at radius 2 is 1.62 bits per heavy atom. The smallest absolute Gasteiger partial charge is 0.415 e. The first-order valence-electron chi connectivity index (χ1n) is 10.5. The average Bonchev–Trinajstić information content (AvgIpc) is 3.52. The minimum absolute atomic E-state index is 0.0973. The Bertz CT molecular complexity index is 1240. The summed E-state index contributed by atoms with van der Waals surface area (Å²) in [5.74, 6) is 1.85. The van der Waals surface area contributed by atoms with Crippen LogP contribution in [0.2, 0.25) is 0 Å². The number of hydrogen-bond donors (Lipinski definition) is 2. The Labute approximate surface area is 196 Å². The molecule has 11 nitrogen and oxygen atoms in total. The molecule has 0 aliphatic rings. The van der Waals surface area contributed by atoms with Gasteiger partial charge in [-0.1, -0.05) is 40.8 Å². The summed E-state index contributed by atoms with van der Waals surface area (Å²) in [6.45, 7) is 0.0973. The second-order valence-corrected chi connectivity index (χ2v) is 7.42. The Morgan fingerprint density at radius 1 is 0.882 bits per heavy atom. The fourth-order valence-electron chi connectivity index (χ4n) is 3.59. The van der Waals surface area contributed by atoms with E-state index in [0.29, 0.717) is 30.0 Å². The highest BCUT2D eigenvalue weighted by Gasteiger charge is 2.26. The number of rotatable bonds is 9. The lowest BCUT2D eigenvalue weighted by molar-refractivity contribution is 0.178. The highest BCUT2D eigenvalue weighted by molar-refractivity contribution is 5.86. The first-order chi connectivity index (χ1) is 16.6. The van der Waals surface area contributed by atoms with Crippen molar-refractivity contribution in [3.05, 3.63) is 76.7 Å². The van der Waals surface area contributed by atoms with Gasteiger partial charge in [0.15, 0.2) is 5.82 Å². The van der Waals surface area contributed by atoms with E-state index in [0.717, 1.165) is 28.3 Å². The van der Waals surface area contributed by atoms with Crippen LogP contribution in [0.15, 0.2) is 48.5 Å². The van der Waals surface area contributed by atoms with Crippen molar-refractivity contribution in [2.45, 2.75) is 19.4 Å². The summed E-state index contributed by atoms with van der Waals surface area (Å²) in [6, 6.07) is 15.3. The van der Waals surface area contributed by atoms with Crippen LogP contribution in [0.1, 0.15) is 28.2 Å². The van der Waals surface area contributed by atoms with E-state index in [1.165, 1.54) is 12.0 Å². The number of amides is 1. The molecule has 0 spiro atoms. The van der Waals surface area contributed by atoms with Crippen molar-refractivity contribution < 1.29 is 19.0 Å². The van der Waals surface area contributed by atoms with E-state index < -0.39 is 6.09 Å². The van der Waals surface area contributed by atoms with Gasteiger partial charge >= 0.3 is 6.09 Å². The van der Waals surface area contributed by atoms with Gasteiger partial charge in [-0.05, 0) is 23.8 Å². The maximum atomic E-state index is 12.7. The predicted octanol–water partition coefficient (Wildman–Crippen LogP) is 2.89. The normalized spacial score (nSPS) is 10.7. The molecule has 2 aromatic heterocycles. The van der Waals surface area contributed by atoms with Crippen molar-refractivity contribution in [1.29, 1.82) is 0 Å². The number of nitrogens with zero attached hydrogens (tertiary/aromatic N) is 5. The monoisotopic (exact) mass is 463 g/mol. The summed E-state index contributed by atoms with van der Waals surface area (Å²) in [5, 5.41) is 22.0. The molecular formula is C23H25N7O4. The Morgan fingerprint density at radius 3 is 2.35 bits per heavy atom. The second kappa shape index (κ2) is 10.5. The van der Waals surface area contributed by atoms with Crippen LogP contribution in [0.25, 0.3) is 0 Å². The molecule has 1 amide bonds. The van der Waals surface area contributed by atoms with E-state index in [2.05, 4.69) is 30.8 Å². The van der Waals surface area contributed by atoms with Crippen LogP contribution in [0.3, 0.4) is 0 Å². The third-order valence-electron chi connectivity index (χ3n) is 5.36. The first-order valence-corrected chi connectivity index (χ1v) is 10.5. The van der Waals surface area contributed by atoms with Gasteiger partial charge in [0, 0.05) is 18.4 Å². The van der Waals surface area contributed by atoms with Gasteiger partial charge in [0.2, 0.25) is 0 Å². The highest BCUT2D eigenvalue weighted by Crippen LogP contribution is 2.26. The van der Waals surface area contributed by atoms with Gasteiger partial charge in [0.05, 0.1) is 39.3 Å². The molecule has 4 rings (SSSR count). The number of nitrogens with one attached hydrogen (secondary N) is 2. The number of H-pyrrole nitrogens is 2. The number of aromatic nitrogens is 6. The van der Waals surface area contributed by atoms with Crippen molar-refractivity contribution in [2.75, 3.05) is 26.2 Å². The fraction of sp³-hybridized carbons (Fsp3) is 0.261. The SMILES string of the molecule is COC(=O)N(Cc1nn[nH]c1Cc1ccc(OC)cc1)c1nn[nH]c1Cc1ccccc1OC. The van der Waals surface area contributed by atoms with Crippen molar-refractivity contribution in [3.63, 3.8) is 0 Å². The second-order valence-electron chi connectivity index (χ2n) is 7.42. The van der Waals surface area contributed by atoms with Crippen LogP contribution >= 0.6 is 0 Å². The largest absolute Gasteiger partial charge is 0.497 e. The molecule has 0 aliphatic carbocycles. The van der Waals surface area contributed by atoms with E-state index in [4.69, 9.17) is 14.2 Å². The molecular weight excluding hydrogens is 438 g/mol. The minimum atomic E-state index is -0.589. The van der Waals surface area contributed by atoms with Gasteiger partial charge < -0.3 is 14.2 Å². The lowest BCUT2D eigenvalue weighted by Crippen LogP contribution is -2.32. The van der Waals surface area contributed by atoms with E-state index in [-0.39, 0.29) is 6.54 Å². The number of hydrogen-bond acceptors (Lipinski definition) is 8. The molecule has 4 aromatic rings. The topological polar surface area (TPSA) is 131 Å². The Kier molecular flexibility index (Phi) is 7.01. The summed E-state index contributed by atoms with van der Waals surface area (Å²) in [5.41, 5.74) is 3.95. The molecule has 0 bridgehead atoms.